The van der Waals surface area contributed by atoms with E-state index in [1.54, 1.807) is 16.0 Å². The SMILES string of the molecule is CCOc1ccc(N2C[C@@H](C(=O)N(Cc3ccccc3)c3ccccn3)CC2=O)cc1. The zero-order valence-electron chi connectivity index (χ0n) is 17.5. The molecular formula is C25H25N3O3. The van der Waals surface area contributed by atoms with Crippen LogP contribution in [-0.2, 0) is 16.1 Å². The minimum Gasteiger partial charge on any atom is -0.494 e. The first-order chi connectivity index (χ1) is 15.2. The van der Waals surface area contributed by atoms with Gasteiger partial charge in [-0.2, -0.15) is 0 Å². The molecule has 2 heterocycles. The maximum Gasteiger partial charge on any atom is 0.233 e. The number of nitrogens with zero attached hydrogens (tertiary/aromatic N) is 3. The number of hydrogen-bond donors (Lipinski definition) is 0. The molecule has 0 spiro atoms. The van der Waals surface area contributed by atoms with Crippen LogP contribution in [0.3, 0.4) is 0 Å². The average molecular weight is 415 g/mol. The lowest BCUT2D eigenvalue weighted by Crippen LogP contribution is -2.37. The second kappa shape index (κ2) is 9.43. The smallest absolute Gasteiger partial charge is 0.233 e. The van der Waals surface area contributed by atoms with E-state index >= 15 is 0 Å². The quantitative estimate of drug-likeness (QED) is 0.584. The number of benzene rings is 2. The number of ether oxygens (including phenoxy) is 1. The maximum atomic E-state index is 13.5. The van der Waals surface area contributed by atoms with E-state index in [0.717, 1.165) is 17.0 Å². The van der Waals surface area contributed by atoms with Gasteiger partial charge in [-0.05, 0) is 48.9 Å². The number of aromatic nitrogens is 1. The van der Waals surface area contributed by atoms with E-state index in [2.05, 4.69) is 4.98 Å². The Morgan fingerprint density at radius 1 is 1.06 bits per heavy atom. The van der Waals surface area contributed by atoms with Crippen LogP contribution in [0.4, 0.5) is 11.5 Å². The normalized spacial score (nSPS) is 15.7. The van der Waals surface area contributed by atoms with Gasteiger partial charge >= 0.3 is 0 Å². The molecule has 0 aliphatic carbocycles. The standard InChI is InChI=1S/C25H25N3O3/c1-2-31-22-13-11-21(12-14-22)27-18-20(16-24(27)29)25(30)28(23-10-6-7-15-26-23)17-19-8-4-3-5-9-19/h3-15,20H,2,16-18H2,1H3/t20-/m0/s1. The van der Waals surface area contributed by atoms with Gasteiger partial charge in [0.1, 0.15) is 11.6 Å². The topological polar surface area (TPSA) is 62.7 Å². The average Bonchev–Trinajstić information content (AvgIpc) is 3.20. The fourth-order valence-corrected chi connectivity index (χ4v) is 3.78. The van der Waals surface area contributed by atoms with Gasteiger partial charge in [0.2, 0.25) is 11.8 Å². The van der Waals surface area contributed by atoms with Crippen LogP contribution < -0.4 is 14.5 Å². The summed E-state index contributed by atoms with van der Waals surface area (Å²) in [5, 5.41) is 0. The molecule has 6 nitrogen and oxygen atoms in total. The number of hydrogen-bond acceptors (Lipinski definition) is 4. The Kier molecular flexibility index (Phi) is 6.26. The van der Waals surface area contributed by atoms with Gasteiger partial charge in [-0.15, -0.1) is 0 Å². The molecule has 0 bridgehead atoms. The first kappa shape index (κ1) is 20.6. The highest BCUT2D eigenvalue weighted by Crippen LogP contribution is 2.29. The van der Waals surface area contributed by atoms with Crippen molar-refractivity contribution in [1.29, 1.82) is 0 Å². The van der Waals surface area contributed by atoms with E-state index < -0.39 is 5.92 Å². The Morgan fingerprint density at radius 3 is 2.48 bits per heavy atom. The molecule has 4 rings (SSSR count). The first-order valence-electron chi connectivity index (χ1n) is 10.4. The third-order valence-electron chi connectivity index (χ3n) is 5.31. The fourth-order valence-electron chi connectivity index (χ4n) is 3.78. The minimum absolute atomic E-state index is 0.0526. The molecule has 0 saturated carbocycles. The van der Waals surface area contributed by atoms with Gasteiger partial charge in [-0.25, -0.2) is 4.98 Å². The zero-order valence-corrected chi connectivity index (χ0v) is 17.5. The summed E-state index contributed by atoms with van der Waals surface area (Å²) in [4.78, 5) is 34.0. The van der Waals surface area contributed by atoms with Crippen LogP contribution in [0.1, 0.15) is 18.9 Å². The molecular weight excluding hydrogens is 390 g/mol. The summed E-state index contributed by atoms with van der Waals surface area (Å²) in [5.74, 6) is 0.773. The second-order valence-corrected chi connectivity index (χ2v) is 7.43. The van der Waals surface area contributed by atoms with E-state index in [4.69, 9.17) is 4.74 Å². The third-order valence-corrected chi connectivity index (χ3v) is 5.31. The maximum absolute atomic E-state index is 13.5. The van der Waals surface area contributed by atoms with Crippen molar-refractivity contribution in [3.05, 3.63) is 84.6 Å². The predicted molar refractivity (Wildman–Crippen MR) is 120 cm³/mol. The number of carbonyl (C=O) groups is 2. The molecule has 6 heteroatoms. The Labute approximate surface area is 182 Å². The molecule has 158 valence electrons. The summed E-state index contributed by atoms with van der Waals surface area (Å²) >= 11 is 0. The molecule has 1 aromatic heterocycles. The van der Waals surface area contributed by atoms with Crippen molar-refractivity contribution in [2.24, 2.45) is 5.92 Å². The molecule has 1 saturated heterocycles. The van der Waals surface area contributed by atoms with Gasteiger partial charge in [-0.3, -0.25) is 14.5 Å². The molecule has 0 radical (unpaired) electrons. The third kappa shape index (κ3) is 4.74. The molecule has 1 atom stereocenters. The molecule has 0 unspecified atom stereocenters. The Hall–Kier alpha value is -3.67. The highest BCUT2D eigenvalue weighted by Gasteiger charge is 2.38. The molecule has 1 fully saturated rings. The first-order valence-corrected chi connectivity index (χ1v) is 10.4. The van der Waals surface area contributed by atoms with Gasteiger partial charge in [0.15, 0.2) is 0 Å². The van der Waals surface area contributed by atoms with E-state index in [0.29, 0.717) is 25.5 Å². The van der Waals surface area contributed by atoms with E-state index in [9.17, 15) is 9.59 Å². The van der Waals surface area contributed by atoms with Crippen LogP contribution in [0.5, 0.6) is 5.75 Å². The highest BCUT2D eigenvalue weighted by atomic mass is 16.5. The summed E-state index contributed by atoms with van der Waals surface area (Å²) in [7, 11) is 0. The predicted octanol–water partition coefficient (Wildman–Crippen LogP) is 4.07. The minimum atomic E-state index is -0.426. The number of amides is 2. The van der Waals surface area contributed by atoms with Crippen molar-refractivity contribution < 1.29 is 14.3 Å². The van der Waals surface area contributed by atoms with Crippen molar-refractivity contribution >= 4 is 23.3 Å². The van der Waals surface area contributed by atoms with Crippen molar-refractivity contribution in [2.45, 2.75) is 19.9 Å². The number of anilines is 2. The number of carbonyl (C=O) groups excluding carboxylic acids is 2. The summed E-state index contributed by atoms with van der Waals surface area (Å²) in [6.45, 7) is 3.27. The van der Waals surface area contributed by atoms with E-state index in [-0.39, 0.29) is 18.2 Å². The Balaban J connectivity index is 1.54. The van der Waals surface area contributed by atoms with Crippen LogP contribution in [0, 0.1) is 5.92 Å². The lowest BCUT2D eigenvalue weighted by atomic mass is 10.1. The van der Waals surface area contributed by atoms with Gasteiger partial charge in [-0.1, -0.05) is 36.4 Å². The van der Waals surface area contributed by atoms with Crippen LogP contribution in [0.25, 0.3) is 0 Å². The summed E-state index contributed by atoms with van der Waals surface area (Å²) in [5.41, 5.74) is 1.78. The fraction of sp³-hybridized carbons (Fsp3) is 0.240. The summed E-state index contributed by atoms with van der Waals surface area (Å²) < 4.78 is 5.48. The Bertz CT molecular complexity index is 1020. The van der Waals surface area contributed by atoms with Crippen LogP contribution in [0.2, 0.25) is 0 Å². The molecule has 1 aliphatic heterocycles. The molecule has 1 aliphatic rings. The second-order valence-electron chi connectivity index (χ2n) is 7.43. The van der Waals surface area contributed by atoms with Crippen molar-refractivity contribution in [2.75, 3.05) is 23.0 Å². The summed E-state index contributed by atoms with van der Waals surface area (Å²) in [6, 6.07) is 22.7. The highest BCUT2D eigenvalue weighted by molar-refractivity contribution is 6.04. The summed E-state index contributed by atoms with van der Waals surface area (Å²) in [6.07, 6.45) is 1.86. The molecule has 2 amide bonds. The molecule has 31 heavy (non-hydrogen) atoms. The number of pyridine rings is 1. The lowest BCUT2D eigenvalue weighted by Gasteiger charge is -2.25. The monoisotopic (exact) mass is 415 g/mol. The molecule has 3 aromatic rings. The lowest BCUT2D eigenvalue weighted by molar-refractivity contribution is -0.124. The van der Waals surface area contributed by atoms with Gasteiger partial charge in [0.25, 0.3) is 0 Å². The van der Waals surface area contributed by atoms with Gasteiger partial charge < -0.3 is 9.64 Å². The van der Waals surface area contributed by atoms with Crippen molar-refractivity contribution in [3.63, 3.8) is 0 Å². The van der Waals surface area contributed by atoms with Crippen LogP contribution in [-0.4, -0.2) is 29.9 Å². The van der Waals surface area contributed by atoms with Crippen molar-refractivity contribution in [3.8, 4) is 5.75 Å². The van der Waals surface area contributed by atoms with E-state index in [1.807, 2.05) is 79.7 Å². The Morgan fingerprint density at radius 2 is 1.81 bits per heavy atom. The number of rotatable bonds is 7. The van der Waals surface area contributed by atoms with Gasteiger partial charge in [0.05, 0.1) is 19.1 Å². The largest absolute Gasteiger partial charge is 0.494 e. The zero-order chi connectivity index (χ0) is 21.6. The van der Waals surface area contributed by atoms with Crippen molar-refractivity contribution in [1.82, 2.24) is 4.98 Å². The van der Waals surface area contributed by atoms with Crippen LogP contribution in [0.15, 0.2) is 79.0 Å². The molecule has 0 N–H and O–H groups in total. The van der Waals surface area contributed by atoms with E-state index in [1.165, 1.54) is 0 Å². The van der Waals surface area contributed by atoms with Gasteiger partial charge in [0, 0.05) is 24.8 Å². The molecule has 2 aromatic carbocycles. The van der Waals surface area contributed by atoms with Crippen LogP contribution >= 0.6 is 0 Å².